The topological polar surface area (TPSA) is 231 Å². The first-order chi connectivity index (χ1) is 38.8. The Morgan fingerprint density at radius 2 is 1.79 bits per heavy atom. The number of amides is 2. The number of nitrogens with zero attached hydrogens (tertiary/aromatic N) is 8. The van der Waals surface area contributed by atoms with Crippen molar-refractivity contribution in [2.24, 2.45) is 5.92 Å². The van der Waals surface area contributed by atoms with Crippen LogP contribution in [0.5, 0.6) is 6.01 Å². The van der Waals surface area contributed by atoms with Gasteiger partial charge >= 0.3 is 6.01 Å². The predicted molar refractivity (Wildman–Crippen MR) is 302 cm³/mol. The van der Waals surface area contributed by atoms with Crippen LogP contribution in [0.4, 0.5) is 15.2 Å². The molecule has 0 aliphatic carbocycles. The number of nitrogens with one attached hydrogen (secondary N) is 3. The van der Waals surface area contributed by atoms with Crippen molar-refractivity contribution in [3.05, 3.63) is 135 Å². The summed E-state index contributed by atoms with van der Waals surface area (Å²) in [4.78, 5) is 42.5. The quantitative estimate of drug-likeness (QED) is 0.0747. The van der Waals surface area contributed by atoms with Gasteiger partial charge in [-0.2, -0.15) is 15.2 Å². The van der Waals surface area contributed by atoms with Gasteiger partial charge < -0.3 is 50.8 Å². The molecule has 4 fully saturated rings. The number of likely N-dealkylation sites (tertiary alicyclic amines) is 1. The number of nitrogens with two attached hydrogens (primary N) is 1. The number of nitrogen functional groups attached to an aromatic ring is 1. The van der Waals surface area contributed by atoms with E-state index in [1.807, 2.05) is 99.8 Å². The molecule has 0 saturated carbocycles. The zero-order valence-corrected chi connectivity index (χ0v) is 45.9. The minimum atomic E-state index is -0.897. The SMILES string of the molecule is CC(C)[C@@H](C(=O)N1C[C@H](O)C[C@H]1C(=O)N[C@@H](C)c1ccc(-c2ccccc2Cl)cc1)n1cc(-c2ccc(COC3=c4nc(OC5CCOCC5)nc(N5C[C@@H]6C[C@H]5CN6)c4=CNC3c3ccc(F)c4sc(N)c(C#N)c34)cc2)nn1. The summed E-state index contributed by atoms with van der Waals surface area (Å²) in [7, 11) is 0. The smallest absolute Gasteiger partial charge is 0.319 e. The van der Waals surface area contributed by atoms with Gasteiger partial charge in [0, 0.05) is 78.7 Å². The van der Waals surface area contributed by atoms with Gasteiger partial charge in [0.25, 0.3) is 0 Å². The second kappa shape index (κ2) is 22.1. The van der Waals surface area contributed by atoms with Gasteiger partial charge in [0.2, 0.25) is 11.8 Å². The van der Waals surface area contributed by atoms with E-state index >= 15 is 4.39 Å². The number of hydrogen-bond acceptors (Lipinski definition) is 16. The first-order valence-electron chi connectivity index (χ1n) is 27.1. The normalized spacial score (nSPS) is 21.5. The molecule has 2 bridgehead atoms. The Morgan fingerprint density at radius 3 is 2.51 bits per heavy atom. The number of β-amino-alcohol motifs (C(OH)–C–C–N with tert-alkyl or cyclic N) is 1. The maximum atomic E-state index is 15.5. The van der Waals surface area contributed by atoms with E-state index < -0.39 is 30.0 Å². The van der Waals surface area contributed by atoms with Crippen LogP contribution < -0.4 is 41.9 Å². The van der Waals surface area contributed by atoms with Crippen molar-refractivity contribution in [3.63, 3.8) is 0 Å². The maximum Gasteiger partial charge on any atom is 0.319 e. The number of carbonyl (C=O) groups excluding carboxylic acids is 2. The summed E-state index contributed by atoms with van der Waals surface area (Å²) in [5, 5.41) is 42.9. The Bertz CT molecular complexity index is 3680. The highest BCUT2D eigenvalue weighted by atomic mass is 35.5. The summed E-state index contributed by atoms with van der Waals surface area (Å²) in [5.74, 6) is -0.285. The van der Waals surface area contributed by atoms with Crippen LogP contribution in [-0.4, -0.2) is 110 Å². The fraction of sp³-hybridized carbons (Fsp3) is 0.373. The van der Waals surface area contributed by atoms with E-state index in [2.05, 4.69) is 37.2 Å². The van der Waals surface area contributed by atoms with Crippen molar-refractivity contribution in [2.45, 2.75) is 102 Å². The Balaban J connectivity index is 0.803. The van der Waals surface area contributed by atoms with E-state index in [-0.39, 0.29) is 76.8 Å². The van der Waals surface area contributed by atoms with Gasteiger partial charge in [0.1, 0.15) is 70.3 Å². The van der Waals surface area contributed by atoms with Crippen molar-refractivity contribution >= 4 is 67.6 Å². The lowest BCUT2D eigenvalue weighted by atomic mass is 9.96. The Labute approximate surface area is 470 Å². The molecule has 80 heavy (non-hydrogen) atoms. The highest BCUT2D eigenvalue weighted by Gasteiger charge is 2.44. The molecule has 6 N–H and O–H groups in total. The number of halogens is 2. The van der Waals surface area contributed by atoms with Gasteiger partial charge in [-0.15, -0.1) is 16.4 Å². The Morgan fingerprint density at radius 1 is 1.01 bits per heavy atom. The van der Waals surface area contributed by atoms with Crippen molar-refractivity contribution in [2.75, 3.05) is 43.5 Å². The van der Waals surface area contributed by atoms with Crippen LogP contribution in [0, 0.1) is 23.1 Å². The number of anilines is 2. The molecule has 4 aromatic carbocycles. The fourth-order valence-corrected chi connectivity index (χ4v) is 13.0. The lowest BCUT2D eigenvalue weighted by Gasteiger charge is -2.31. The number of hydrogen-bond donors (Lipinski definition) is 5. The average molecular weight is 1120 g/mol. The minimum Gasteiger partial charge on any atom is -0.488 e. The molecular weight excluding hydrogens is 1060 g/mol. The van der Waals surface area contributed by atoms with Gasteiger partial charge in [0.05, 0.1) is 47.0 Å². The molecule has 7 atom stereocenters. The molecule has 412 valence electrons. The van der Waals surface area contributed by atoms with Crippen LogP contribution in [0.25, 0.3) is 44.4 Å². The lowest BCUT2D eigenvalue weighted by molar-refractivity contribution is -0.142. The third-order valence-corrected chi connectivity index (χ3v) is 17.3. The summed E-state index contributed by atoms with van der Waals surface area (Å²) in [6.45, 7) is 8.52. The second-order valence-electron chi connectivity index (χ2n) is 21.6. The third kappa shape index (κ3) is 10.2. The van der Waals surface area contributed by atoms with Gasteiger partial charge in [-0.1, -0.05) is 103 Å². The number of nitriles is 1. The highest BCUT2D eigenvalue weighted by Crippen LogP contribution is 2.42. The number of aliphatic hydroxyl groups excluding tert-OH is 1. The number of fused-ring (bicyclic) bond motifs is 4. The lowest BCUT2D eigenvalue weighted by Crippen LogP contribution is -2.50. The zero-order chi connectivity index (χ0) is 55.3. The first-order valence-corrected chi connectivity index (χ1v) is 28.3. The molecule has 4 saturated heterocycles. The van der Waals surface area contributed by atoms with Crippen LogP contribution >= 0.6 is 22.9 Å². The number of benzene rings is 4. The second-order valence-corrected chi connectivity index (χ2v) is 23.0. The van der Waals surface area contributed by atoms with Crippen LogP contribution in [0.3, 0.4) is 0 Å². The Kier molecular flexibility index (Phi) is 14.6. The van der Waals surface area contributed by atoms with Gasteiger partial charge in [0.15, 0.2) is 0 Å². The first kappa shape index (κ1) is 53.0. The van der Waals surface area contributed by atoms with E-state index in [1.54, 1.807) is 12.3 Å². The van der Waals surface area contributed by atoms with Crippen molar-refractivity contribution in [1.82, 2.24) is 45.8 Å². The van der Waals surface area contributed by atoms with Gasteiger partial charge in [-0.05, 0) is 53.6 Å². The van der Waals surface area contributed by atoms with E-state index in [1.165, 1.54) is 15.6 Å². The minimum absolute atomic E-state index is 0.0000834. The molecule has 18 nitrogen and oxygen atoms in total. The third-order valence-electron chi connectivity index (χ3n) is 16.0. The molecule has 1 unspecified atom stereocenters. The summed E-state index contributed by atoms with van der Waals surface area (Å²) in [6, 6.07) is 26.3. The van der Waals surface area contributed by atoms with Crippen LogP contribution in [-0.2, 0) is 25.7 Å². The number of piperazine rings is 1. The monoisotopic (exact) mass is 1120 g/mol. The number of ether oxygens (including phenoxy) is 3. The standard InChI is InChI=1S/C59H60ClFN12O6S/c1-31(2)52(58(76)72-28-39(74)23-48(72)57(75)66-32(3)34-12-14-35(15-13-34)41-6-4-5-7-45(41)60)73-29-47(69-70-73)36-10-8-33(9-11-36)30-78-53-50(42-16-17-46(61)54-49(42)43(24-62)55(63)80-54)65-26-44-51(53)67-59(79-40-18-20-77-21-19-40)68-56(44)71-27-37-22-38(71)25-64-37/h4-17,26,29,31-32,37-40,48,50,52,64-65,74H,18-23,25,27-28,30,63H2,1-3H3,(H,66,75)/t32-,37-,38-,39+,48-,50?,52-/m0/s1. The molecule has 12 rings (SSSR count). The molecule has 3 aromatic heterocycles. The molecular formula is C59H60ClFN12O6S. The van der Waals surface area contributed by atoms with E-state index in [9.17, 15) is 20.0 Å². The largest absolute Gasteiger partial charge is 0.488 e. The molecule has 5 aliphatic heterocycles. The van der Waals surface area contributed by atoms with E-state index in [4.69, 9.17) is 41.5 Å². The van der Waals surface area contributed by atoms with Gasteiger partial charge in [-0.25, -0.2) is 9.07 Å². The highest BCUT2D eigenvalue weighted by molar-refractivity contribution is 7.23. The molecule has 0 radical (unpaired) electrons. The van der Waals surface area contributed by atoms with E-state index in [0.29, 0.717) is 64.9 Å². The summed E-state index contributed by atoms with van der Waals surface area (Å²) in [6.07, 6.45) is 5.05. The maximum absolute atomic E-state index is 15.5. The predicted octanol–water partition coefficient (Wildman–Crippen LogP) is 6.42. The average Bonchev–Trinajstić information content (AvgIpc) is 4.39. The van der Waals surface area contributed by atoms with Crippen LogP contribution in [0.2, 0.25) is 5.02 Å². The molecule has 0 spiro atoms. The fourth-order valence-electron chi connectivity index (χ4n) is 11.8. The zero-order valence-electron chi connectivity index (χ0n) is 44.3. The molecule has 5 aliphatic rings. The number of thiophene rings is 1. The van der Waals surface area contributed by atoms with E-state index in [0.717, 1.165) is 69.7 Å². The summed E-state index contributed by atoms with van der Waals surface area (Å²) >= 11 is 7.48. The van der Waals surface area contributed by atoms with Crippen molar-refractivity contribution in [3.8, 4) is 34.5 Å². The van der Waals surface area contributed by atoms with Crippen LogP contribution in [0.1, 0.15) is 86.8 Å². The molecule has 7 aromatic rings. The number of aliphatic hydroxyl groups is 1. The number of carbonyl (C=O) groups is 2. The Hall–Kier alpha value is -7.67. The van der Waals surface area contributed by atoms with Crippen molar-refractivity contribution in [1.29, 1.82) is 5.26 Å². The summed E-state index contributed by atoms with van der Waals surface area (Å²) < 4.78 is 36.5. The molecule has 21 heteroatoms. The molecule has 8 heterocycles. The number of aromatic nitrogens is 5. The summed E-state index contributed by atoms with van der Waals surface area (Å²) in [5.41, 5.74) is 11.9. The van der Waals surface area contributed by atoms with Crippen LogP contribution in [0.15, 0.2) is 91.1 Å². The molecule has 2 amide bonds. The number of rotatable bonds is 15. The van der Waals surface area contributed by atoms with Gasteiger partial charge in [-0.3, -0.25) is 9.59 Å². The van der Waals surface area contributed by atoms with Crippen molar-refractivity contribution < 1.29 is 33.3 Å².